The van der Waals surface area contributed by atoms with Gasteiger partial charge in [0.25, 0.3) is 0 Å². The second-order valence-electron chi connectivity index (χ2n) is 1.91. The molecule has 0 saturated carbocycles. The first-order valence-corrected chi connectivity index (χ1v) is 3.56. The lowest BCUT2D eigenvalue weighted by molar-refractivity contribution is 1.27. The lowest BCUT2D eigenvalue weighted by Crippen LogP contribution is -1.99. The van der Waals surface area contributed by atoms with Gasteiger partial charge in [-0.1, -0.05) is 0 Å². The summed E-state index contributed by atoms with van der Waals surface area (Å²) in [5, 5.41) is 8.52. The molecule has 5 heteroatoms. The highest BCUT2D eigenvalue weighted by Gasteiger charge is 2.04. The molecule has 0 aromatic carbocycles. The summed E-state index contributed by atoms with van der Waals surface area (Å²) in [4.78, 5) is 3.80. The van der Waals surface area contributed by atoms with Crippen molar-refractivity contribution in [1.29, 1.82) is 5.26 Å². The van der Waals surface area contributed by atoms with Crippen molar-refractivity contribution >= 4 is 27.4 Å². The highest BCUT2D eigenvalue weighted by Crippen LogP contribution is 2.20. The van der Waals surface area contributed by atoms with E-state index in [4.69, 9.17) is 16.7 Å². The van der Waals surface area contributed by atoms with E-state index in [1.165, 1.54) is 6.07 Å². The fraction of sp³-hybridized carbons (Fsp3) is 0. The smallest absolute Gasteiger partial charge is 0.144 e. The summed E-state index contributed by atoms with van der Waals surface area (Å²) in [5.41, 5.74) is 11.4. The van der Waals surface area contributed by atoms with Crippen molar-refractivity contribution < 1.29 is 0 Å². The maximum atomic E-state index is 8.52. The number of nitrogens with two attached hydrogens (primary N) is 2. The van der Waals surface area contributed by atoms with Crippen molar-refractivity contribution in [2.45, 2.75) is 0 Å². The standard InChI is InChI=1S/C6H5BrN4/c7-5-1-4(9)3(2-8)6(10)11-5/h1H,(H4,9,10,11). The Balaban J connectivity index is 3.40. The van der Waals surface area contributed by atoms with E-state index in [1.54, 1.807) is 0 Å². The second kappa shape index (κ2) is 2.76. The van der Waals surface area contributed by atoms with Gasteiger partial charge in [-0.15, -0.1) is 0 Å². The van der Waals surface area contributed by atoms with E-state index in [9.17, 15) is 0 Å². The molecule has 1 aromatic rings. The van der Waals surface area contributed by atoms with Gasteiger partial charge in [0.05, 0.1) is 5.69 Å². The summed E-state index contributed by atoms with van der Waals surface area (Å²) in [5.74, 6) is 0.152. The lowest BCUT2D eigenvalue weighted by atomic mass is 10.2. The second-order valence-corrected chi connectivity index (χ2v) is 2.72. The number of anilines is 2. The minimum atomic E-state index is 0.152. The Kier molecular flexibility index (Phi) is 1.96. The van der Waals surface area contributed by atoms with E-state index in [1.807, 2.05) is 6.07 Å². The van der Waals surface area contributed by atoms with Crippen LogP contribution in [0.15, 0.2) is 10.7 Å². The molecule has 1 heterocycles. The highest BCUT2D eigenvalue weighted by atomic mass is 79.9. The van der Waals surface area contributed by atoms with Crippen molar-refractivity contribution in [1.82, 2.24) is 4.98 Å². The molecule has 0 atom stereocenters. The molecule has 11 heavy (non-hydrogen) atoms. The third-order valence-electron chi connectivity index (χ3n) is 1.16. The van der Waals surface area contributed by atoms with Crippen LogP contribution in [-0.2, 0) is 0 Å². The molecule has 4 N–H and O–H groups in total. The van der Waals surface area contributed by atoms with Crippen LogP contribution in [0, 0.1) is 11.3 Å². The van der Waals surface area contributed by atoms with Crippen LogP contribution in [0.1, 0.15) is 5.56 Å². The van der Waals surface area contributed by atoms with E-state index < -0.39 is 0 Å². The minimum Gasteiger partial charge on any atom is -0.397 e. The Hall–Kier alpha value is -1.28. The first kappa shape index (κ1) is 7.82. The van der Waals surface area contributed by atoms with Crippen LogP contribution in [0.5, 0.6) is 0 Å². The fourth-order valence-electron chi connectivity index (χ4n) is 0.673. The zero-order valence-electron chi connectivity index (χ0n) is 5.50. The molecule has 56 valence electrons. The molecule has 0 saturated heterocycles. The summed E-state index contributed by atoms with van der Waals surface area (Å²) in [6, 6.07) is 3.39. The van der Waals surface area contributed by atoms with Crippen molar-refractivity contribution in [3.05, 3.63) is 16.2 Å². The average Bonchev–Trinajstić information content (AvgIpc) is 1.85. The van der Waals surface area contributed by atoms with E-state index in [-0.39, 0.29) is 11.4 Å². The Labute approximate surface area is 72.0 Å². The maximum Gasteiger partial charge on any atom is 0.144 e. The quantitative estimate of drug-likeness (QED) is 0.626. The van der Waals surface area contributed by atoms with Crippen LogP contribution in [0.25, 0.3) is 0 Å². The van der Waals surface area contributed by atoms with Crippen molar-refractivity contribution in [3.63, 3.8) is 0 Å². The van der Waals surface area contributed by atoms with Crippen molar-refractivity contribution in [2.75, 3.05) is 11.5 Å². The number of halogens is 1. The summed E-state index contributed by atoms with van der Waals surface area (Å²) >= 11 is 3.10. The van der Waals surface area contributed by atoms with Gasteiger partial charge in [-0.3, -0.25) is 0 Å². The highest BCUT2D eigenvalue weighted by molar-refractivity contribution is 9.10. The summed E-state index contributed by atoms with van der Waals surface area (Å²) in [6.45, 7) is 0. The van der Waals surface area contributed by atoms with Crippen LogP contribution in [0.3, 0.4) is 0 Å². The molecular formula is C6H5BrN4. The molecule has 0 aliphatic rings. The zero-order valence-corrected chi connectivity index (χ0v) is 7.09. The Morgan fingerprint density at radius 3 is 2.64 bits per heavy atom. The number of aromatic nitrogens is 1. The average molecular weight is 213 g/mol. The molecular weight excluding hydrogens is 208 g/mol. The van der Waals surface area contributed by atoms with Gasteiger partial charge >= 0.3 is 0 Å². The number of hydrogen-bond acceptors (Lipinski definition) is 4. The van der Waals surface area contributed by atoms with Gasteiger partial charge in [0, 0.05) is 0 Å². The van der Waals surface area contributed by atoms with Gasteiger partial charge in [0.1, 0.15) is 22.1 Å². The third kappa shape index (κ3) is 1.41. The van der Waals surface area contributed by atoms with Crippen LogP contribution >= 0.6 is 15.9 Å². The number of nitrogen functional groups attached to an aromatic ring is 2. The van der Waals surface area contributed by atoms with Gasteiger partial charge in [0.15, 0.2) is 0 Å². The predicted molar refractivity (Wildman–Crippen MR) is 45.5 cm³/mol. The first-order chi connectivity index (χ1) is 5.15. The largest absolute Gasteiger partial charge is 0.397 e. The van der Waals surface area contributed by atoms with E-state index in [0.29, 0.717) is 10.3 Å². The van der Waals surface area contributed by atoms with Crippen LogP contribution in [0.2, 0.25) is 0 Å². The fourth-order valence-corrected chi connectivity index (χ4v) is 1.11. The predicted octanol–water partition coefficient (Wildman–Crippen LogP) is 0.880. The van der Waals surface area contributed by atoms with Crippen LogP contribution < -0.4 is 11.5 Å². The number of nitrogens with zero attached hydrogens (tertiary/aromatic N) is 2. The molecule has 0 spiro atoms. The van der Waals surface area contributed by atoms with Gasteiger partial charge in [-0.25, -0.2) is 4.98 Å². The Morgan fingerprint density at radius 1 is 1.55 bits per heavy atom. The number of hydrogen-bond donors (Lipinski definition) is 2. The third-order valence-corrected chi connectivity index (χ3v) is 1.56. The Morgan fingerprint density at radius 2 is 2.18 bits per heavy atom. The summed E-state index contributed by atoms with van der Waals surface area (Å²) < 4.78 is 0.534. The van der Waals surface area contributed by atoms with Gasteiger partial charge in [-0.2, -0.15) is 5.26 Å². The molecule has 0 fully saturated rings. The molecule has 0 amide bonds. The van der Waals surface area contributed by atoms with E-state index in [2.05, 4.69) is 20.9 Å². The summed E-state index contributed by atoms with van der Waals surface area (Å²) in [6.07, 6.45) is 0. The topological polar surface area (TPSA) is 88.7 Å². The maximum absolute atomic E-state index is 8.52. The normalized spacial score (nSPS) is 9.09. The molecule has 0 aliphatic heterocycles. The Bertz CT molecular complexity index is 305. The number of nitriles is 1. The molecule has 1 aromatic heterocycles. The first-order valence-electron chi connectivity index (χ1n) is 2.76. The molecule has 1 rings (SSSR count). The van der Waals surface area contributed by atoms with Crippen LogP contribution in [0.4, 0.5) is 11.5 Å². The molecule has 4 nitrogen and oxygen atoms in total. The molecule has 0 unspecified atom stereocenters. The minimum absolute atomic E-state index is 0.152. The van der Waals surface area contributed by atoms with Gasteiger partial charge < -0.3 is 11.5 Å². The lowest BCUT2D eigenvalue weighted by Gasteiger charge is -2.00. The van der Waals surface area contributed by atoms with E-state index >= 15 is 0 Å². The summed E-state index contributed by atoms with van der Waals surface area (Å²) in [7, 11) is 0. The number of pyridine rings is 1. The molecule has 0 aliphatic carbocycles. The van der Waals surface area contributed by atoms with Gasteiger partial charge in [0.2, 0.25) is 0 Å². The zero-order chi connectivity index (χ0) is 8.43. The van der Waals surface area contributed by atoms with E-state index in [0.717, 1.165) is 0 Å². The molecule has 0 bridgehead atoms. The van der Waals surface area contributed by atoms with Crippen molar-refractivity contribution in [2.24, 2.45) is 0 Å². The van der Waals surface area contributed by atoms with Gasteiger partial charge in [-0.05, 0) is 22.0 Å². The van der Waals surface area contributed by atoms with Crippen molar-refractivity contribution in [3.8, 4) is 6.07 Å². The number of rotatable bonds is 0. The molecule has 0 radical (unpaired) electrons. The SMILES string of the molecule is N#Cc1c(N)cc(Br)nc1N. The van der Waals surface area contributed by atoms with Crippen LogP contribution in [-0.4, -0.2) is 4.98 Å². The monoisotopic (exact) mass is 212 g/mol.